The summed E-state index contributed by atoms with van der Waals surface area (Å²) >= 11 is 12.3. The van der Waals surface area contributed by atoms with Gasteiger partial charge >= 0.3 is 6.09 Å². The first kappa shape index (κ1) is 21.3. The van der Waals surface area contributed by atoms with Crippen molar-refractivity contribution in [3.63, 3.8) is 0 Å². The monoisotopic (exact) mass is 448 g/mol. The van der Waals surface area contributed by atoms with Gasteiger partial charge in [-0.15, -0.1) is 0 Å². The third-order valence-electron chi connectivity index (χ3n) is 5.94. The van der Waals surface area contributed by atoms with Crippen molar-refractivity contribution < 1.29 is 14.3 Å². The number of likely N-dealkylation sites (tertiary alicyclic amines) is 1. The van der Waals surface area contributed by atoms with Gasteiger partial charge in [-0.05, 0) is 86.3 Å². The third-order valence-corrected chi connectivity index (χ3v) is 6.56. The van der Waals surface area contributed by atoms with Crippen molar-refractivity contribution in [1.82, 2.24) is 4.90 Å². The molecule has 0 bridgehead atoms. The number of carbonyl (C=O) groups is 1. The van der Waals surface area contributed by atoms with Gasteiger partial charge in [-0.3, -0.25) is 9.80 Å². The molecule has 2 aliphatic heterocycles. The average molecular weight is 449 g/mol. The number of hydrogen-bond donors (Lipinski definition) is 0. The van der Waals surface area contributed by atoms with E-state index in [4.69, 9.17) is 32.7 Å². The van der Waals surface area contributed by atoms with E-state index in [1.165, 1.54) is 0 Å². The second-order valence-corrected chi connectivity index (χ2v) is 8.84. The lowest BCUT2D eigenvalue weighted by Gasteiger charge is -2.33. The molecule has 30 heavy (non-hydrogen) atoms. The van der Waals surface area contributed by atoms with Crippen molar-refractivity contribution in [2.45, 2.75) is 25.4 Å². The minimum atomic E-state index is -0.287. The number of anilines is 1. The Labute approximate surface area is 187 Å². The van der Waals surface area contributed by atoms with Gasteiger partial charge in [-0.1, -0.05) is 23.2 Å². The lowest BCUT2D eigenvalue weighted by molar-refractivity contribution is 0.0914. The molecule has 0 aromatic heterocycles. The molecule has 5 nitrogen and oxygen atoms in total. The lowest BCUT2D eigenvalue weighted by atomic mass is 9.90. The number of nitrogens with zero attached hydrogens (tertiary/aromatic N) is 2. The fourth-order valence-corrected chi connectivity index (χ4v) is 4.58. The number of methoxy groups -OCH3 is 1. The smallest absolute Gasteiger partial charge is 0.414 e. The molecule has 4 rings (SSSR count). The predicted octanol–water partition coefficient (Wildman–Crippen LogP) is 5.28. The van der Waals surface area contributed by atoms with Gasteiger partial charge in [0.25, 0.3) is 0 Å². The summed E-state index contributed by atoms with van der Waals surface area (Å²) in [5.74, 6) is 1.45. The number of hydrogen-bond acceptors (Lipinski definition) is 4. The molecule has 2 aromatic rings. The number of halogens is 2. The number of piperidine rings is 1. The van der Waals surface area contributed by atoms with Gasteiger partial charge in [0, 0.05) is 22.3 Å². The molecular formula is C23H26Cl2N2O3. The van der Waals surface area contributed by atoms with Crippen LogP contribution in [0.2, 0.25) is 10.0 Å². The summed E-state index contributed by atoms with van der Waals surface area (Å²) in [7, 11) is 1.68. The standard InChI is InChI=1S/C23H26Cl2N2O3/c1-29-20-6-7-22(25)17(13-20)12-16-8-10-26(11-9-16)14-21-15-27(23(28)30-21)19-4-2-18(24)3-5-19/h2-7,13,16,21H,8-12,14-15H2,1H3. The largest absolute Gasteiger partial charge is 0.497 e. The molecule has 1 amide bonds. The molecule has 1 unspecified atom stereocenters. The van der Waals surface area contributed by atoms with Crippen molar-refractivity contribution in [3.8, 4) is 5.75 Å². The van der Waals surface area contributed by atoms with Gasteiger partial charge in [0.2, 0.25) is 0 Å². The Hall–Kier alpha value is -1.95. The van der Waals surface area contributed by atoms with Gasteiger partial charge in [0.1, 0.15) is 11.9 Å². The number of cyclic esters (lactones) is 1. The minimum absolute atomic E-state index is 0.113. The average Bonchev–Trinajstić information content (AvgIpc) is 3.11. The summed E-state index contributed by atoms with van der Waals surface area (Å²) in [6, 6.07) is 13.1. The Morgan fingerprint density at radius 1 is 1.10 bits per heavy atom. The Balaban J connectivity index is 1.27. The number of amides is 1. The summed E-state index contributed by atoms with van der Waals surface area (Å²) in [6.45, 7) is 3.34. The molecule has 0 N–H and O–H groups in total. The van der Waals surface area contributed by atoms with Crippen LogP contribution in [0.4, 0.5) is 10.5 Å². The molecule has 2 saturated heterocycles. The summed E-state index contributed by atoms with van der Waals surface area (Å²) in [5, 5.41) is 1.46. The van der Waals surface area contributed by atoms with Crippen LogP contribution in [0.15, 0.2) is 42.5 Å². The van der Waals surface area contributed by atoms with Crippen molar-refractivity contribution in [1.29, 1.82) is 0 Å². The number of rotatable bonds is 6. The first-order chi connectivity index (χ1) is 14.5. The maximum Gasteiger partial charge on any atom is 0.414 e. The van der Waals surface area contributed by atoms with Gasteiger partial charge in [-0.25, -0.2) is 4.79 Å². The normalized spacial score (nSPS) is 20.4. The maximum absolute atomic E-state index is 12.3. The fourth-order valence-electron chi connectivity index (χ4n) is 4.26. The summed E-state index contributed by atoms with van der Waals surface area (Å²) < 4.78 is 10.9. The quantitative estimate of drug-likeness (QED) is 0.602. The minimum Gasteiger partial charge on any atom is -0.497 e. The molecule has 2 aliphatic rings. The Bertz CT molecular complexity index is 883. The van der Waals surface area contributed by atoms with Gasteiger partial charge in [0.15, 0.2) is 0 Å². The molecule has 2 aromatic carbocycles. The highest BCUT2D eigenvalue weighted by Crippen LogP contribution is 2.29. The van der Waals surface area contributed by atoms with E-state index in [9.17, 15) is 4.79 Å². The van der Waals surface area contributed by atoms with Crippen LogP contribution >= 0.6 is 23.2 Å². The second-order valence-electron chi connectivity index (χ2n) is 8.00. The van der Waals surface area contributed by atoms with E-state index in [0.717, 1.165) is 60.9 Å². The van der Waals surface area contributed by atoms with Gasteiger partial charge < -0.3 is 9.47 Å². The molecule has 2 heterocycles. The number of carbonyl (C=O) groups excluding carboxylic acids is 1. The van der Waals surface area contributed by atoms with Crippen LogP contribution in [-0.4, -0.2) is 50.4 Å². The molecule has 0 saturated carbocycles. The van der Waals surface area contributed by atoms with Crippen molar-refractivity contribution in [3.05, 3.63) is 58.1 Å². The van der Waals surface area contributed by atoms with E-state index < -0.39 is 0 Å². The van der Waals surface area contributed by atoms with E-state index in [2.05, 4.69) is 4.90 Å². The van der Waals surface area contributed by atoms with Crippen molar-refractivity contribution >= 4 is 35.0 Å². The highest BCUT2D eigenvalue weighted by atomic mass is 35.5. The zero-order chi connectivity index (χ0) is 21.1. The molecule has 7 heteroatoms. The molecular weight excluding hydrogens is 423 g/mol. The first-order valence-corrected chi connectivity index (χ1v) is 11.1. The molecule has 160 valence electrons. The van der Waals surface area contributed by atoms with Crippen LogP contribution in [0.25, 0.3) is 0 Å². The molecule has 1 atom stereocenters. The van der Waals surface area contributed by atoms with E-state index >= 15 is 0 Å². The first-order valence-electron chi connectivity index (χ1n) is 10.3. The van der Waals surface area contributed by atoms with Crippen LogP contribution in [-0.2, 0) is 11.2 Å². The molecule has 0 spiro atoms. The highest BCUT2D eigenvalue weighted by molar-refractivity contribution is 6.31. The maximum atomic E-state index is 12.3. The third kappa shape index (κ3) is 5.02. The number of benzene rings is 2. The predicted molar refractivity (Wildman–Crippen MR) is 120 cm³/mol. The molecule has 0 aliphatic carbocycles. The molecule has 0 radical (unpaired) electrons. The SMILES string of the molecule is COc1ccc(Cl)c(CC2CCN(CC3CN(c4ccc(Cl)cc4)C(=O)O3)CC2)c1. The summed E-state index contributed by atoms with van der Waals surface area (Å²) in [4.78, 5) is 16.4. The van der Waals surface area contributed by atoms with Crippen LogP contribution in [0.1, 0.15) is 18.4 Å². The Morgan fingerprint density at radius 3 is 2.53 bits per heavy atom. The highest BCUT2D eigenvalue weighted by Gasteiger charge is 2.34. The van der Waals surface area contributed by atoms with E-state index in [-0.39, 0.29) is 12.2 Å². The Kier molecular flexibility index (Phi) is 6.71. The lowest BCUT2D eigenvalue weighted by Crippen LogP contribution is -2.40. The van der Waals surface area contributed by atoms with E-state index in [1.807, 2.05) is 30.3 Å². The molecule has 2 fully saturated rings. The zero-order valence-corrected chi connectivity index (χ0v) is 18.5. The van der Waals surface area contributed by atoms with Crippen LogP contribution < -0.4 is 9.64 Å². The van der Waals surface area contributed by atoms with Crippen LogP contribution in [0, 0.1) is 5.92 Å². The summed E-state index contributed by atoms with van der Waals surface area (Å²) in [6.07, 6.45) is 2.78. The van der Waals surface area contributed by atoms with Crippen LogP contribution in [0.3, 0.4) is 0 Å². The number of ether oxygens (including phenoxy) is 2. The van der Waals surface area contributed by atoms with E-state index in [0.29, 0.717) is 17.5 Å². The van der Waals surface area contributed by atoms with Crippen LogP contribution in [0.5, 0.6) is 5.75 Å². The fraction of sp³-hybridized carbons (Fsp3) is 0.435. The Morgan fingerprint density at radius 2 is 1.83 bits per heavy atom. The summed E-state index contributed by atoms with van der Waals surface area (Å²) in [5.41, 5.74) is 1.97. The second kappa shape index (κ2) is 9.46. The van der Waals surface area contributed by atoms with Crippen molar-refractivity contribution in [2.75, 3.05) is 38.2 Å². The topological polar surface area (TPSA) is 42.0 Å². The van der Waals surface area contributed by atoms with Crippen molar-refractivity contribution in [2.24, 2.45) is 5.92 Å². The van der Waals surface area contributed by atoms with E-state index in [1.54, 1.807) is 24.1 Å². The van der Waals surface area contributed by atoms with Gasteiger partial charge in [0.05, 0.1) is 13.7 Å². The zero-order valence-electron chi connectivity index (χ0n) is 17.0. The van der Waals surface area contributed by atoms with Gasteiger partial charge in [-0.2, -0.15) is 0 Å².